The van der Waals surface area contributed by atoms with Gasteiger partial charge in [-0.15, -0.1) is 0 Å². The molecule has 1 aliphatic rings. The van der Waals surface area contributed by atoms with Gasteiger partial charge in [0.05, 0.1) is 17.2 Å². The highest BCUT2D eigenvalue weighted by Gasteiger charge is 2.20. The highest BCUT2D eigenvalue weighted by molar-refractivity contribution is 9.10. The predicted molar refractivity (Wildman–Crippen MR) is 62.1 cm³/mol. The average molecular weight is 272 g/mol. The van der Waals surface area contributed by atoms with Crippen molar-refractivity contribution in [3.8, 4) is 5.75 Å². The molecule has 82 valence electrons. The van der Waals surface area contributed by atoms with Crippen molar-refractivity contribution in [2.75, 3.05) is 19.7 Å². The Balaban J connectivity index is 2.31. The van der Waals surface area contributed by atoms with Crippen LogP contribution in [0.15, 0.2) is 16.6 Å². The van der Waals surface area contributed by atoms with Crippen molar-refractivity contribution in [2.24, 2.45) is 0 Å². The van der Waals surface area contributed by atoms with Crippen molar-refractivity contribution in [3.05, 3.63) is 27.7 Å². The minimum atomic E-state index is 0.0274. The molecule has 0 radical (unpaired) electrons. The van der Waals surface area contributed by atoms with Gasteiger partial charge in [-0.3, -0.25) is 0 Å². The highest BCUT2D eigenvalue weighted by Crippen LogP contribution is 2.35. The summed E-state index contributed by atoms with van der Waals surface area (Å²) < 4.78 is 6.38. The van der Waals surface area contributed by atoms with Gasteiger partial charge in [-0.25, -0.2) is 0 Å². The number of ether oxygens (including phenoxy) is 1. The molecule has 1 aliphatic heterocycles. The number of benzene rings is 1. The van der Waals surface area contributed by atoms with Gasteiger partial charge in [-0.2, -0.15) is 0 Å². The average Bonchev–Trinajstić information content (AvgIpc) is 2.27. The minimum absolute atomic E-state index is 0.0274. The zero-order valence-corrected chi connectivity index (χ0v) is 10.2. The standard InChI is InChI=1S/C11H14BrNO2/c1-7-2-3-8(10(12)11(7)14)9-6-13-4-5-15-9/h2-3,9,13-14H,4-6H2,1H3. The number of phenols is 1. The third-order valence-electron chi connectivity index (χ3n) is 2.62. The van der Waals surface area contributed by atoms with Crippen LogP contribution in [0.1, 0.15) is 17.2 Å². The lowest BCUT2D eigenvalue weighted by molar-refractivity contribution is 0.0271. The molecule has 0 amide bonds. The predicted octanol–water partition coefficient (Wildman–Crippen LogP) is 2.12. The van der Waals surface area contributed by atoms with Crippen molar-refractivity contribution in [1.82, 2.24) is 5.32 Å². The lowest BCUT2D eigenvalue weighted by atomic mass is 10.1. The Kier molecular flexibility index (Phi) is 3.29. The zero-order chi connectivity index (χ0) is 10.8. The fourth-order valence-corrected chi connectivity index (χ4v) is 2.39. The van der Waals surface area contributed by atoms with Gasteiger partial charge in [0.15, 0.2) is 0 Å². The van der Waals surface area contributed by atoms with Crippen LogP contribution in [0.2, 0.25) is 0 Å². The lowest BCUT2D eigenvalue weighted by Gasteiger charge is -2.25. The van der Waals surface area contributed by atoms with Gasteiger partial charge in [0, 0.05) is 13.1 Å². The highest BCUT2D eigenvalue weighted by atomic mass is 79.9. The fourth-order valence-electron chi connectivity index (χ4n) is 1.69. The van der Waals surface area contributed by atoms with Crippen LogP contribution in [0.4, 0.5) is 0 Å². The molecule has 0 spiro atoms. The van der Waals surface area contributed by atoms with E-state index in [1.807, 2.05) is 19.1 Å². The quantitative estimate of drug-likeness (QED) is 0.822. The molecule has 2 rings (SSSR count). The number of phenolic OH excluding ortho intramolecular Hbond substituents is 1. The van der Waals surface area contributed by atoms with E-state index >= 15 is 0 Å². The van der Waals surface area contributed by atoms with Gasteiger partial charge in [-0.1, -0.05) is 12.1 Å². The normalized spacial score (nSPS) is 21.6. The second-order valence-corrected chi connectivity index (χ2v) is 4.49. The Morgan fingerprint density at radius 3 is 3.00 bits per heavy atom. The molecule has 1 unspecified atom stereocenters. The van der Waals surface area contributed by atoms with E-state index in [2.05, 4.69) is 21.2 Å². The molecule has 3 nitrogen and oxygen atoms in total. The summed E-state index contributed by atoms with van der Waals surface area (Å²) in [6.45, 7) is 4.28. The summed E-state index contributed by atoms with van der Waals surface area (Å²) in [5.41, 5.74) is 1.87. The smallest absolute Gasteiger partial charge is 0.133 e. The molecule has 1 saturated heterocycles. The molecule has 1 heterocycles. The summed E-state index contributed by atoms with van der Waals surface area (Å²) in [7, 11) is 0. The topological polar surface area (TPSA) is 41.5 Å². The van der Waals surface area contributed by atoms with Gasteiger partial charge < -0.3 is 15.2 Å². The van der Waals surface area contributed by atoms with E-state index in [-0.39, 0.29) is 6.10 Å². The zero-order valence-electron chi connectivity index (χ0n) is 8.59. The van der Waals surface area contributed by atoms with Gasteiger partial charge in [0.2, 0.25) is 0 Å². The maximum absolute atomic E-state index is 9.79. The second kappa shape index (κ2) is 4.51. The van der Waals surface area contributed by atoms with E-state index in [4.69, 9.17) is 4.74 Å². The van der Waals surface area contributed by atoms with Crippen LogP contribution < -0.4 is 5.32 Å². The van der Waals surface area contributed by atoms with Crippen molar-refractivity contribution in [3.63, 3.8) is 0 Å². The molecular weight excluding hydrogens is 258 g/mol. The van der Waals surface area contributed by atoms with Crippen LogP contribution in [0.25, 0.3) is 0 Å². The van der Waals surface area contributed by atoms with Gasteiger partial charge in [0.1, 0.15) is 5.75 Å². The summed E-state index contributed by atoms with van der Waals surface area (Å²) in [5.74, 6) is 0.307. The van der Waals surface area contributed by atoms with Gasteiger partial charge in [0.25, 0.3) is 0 Å². The van der Waals surface area contributed by atoms with Crippen LogP contribution in [0.3, 0.4) is 0 Å². The maximum atomic E-state index is 9.79. The Morgan fingerprint density at radius 2 is 2.33 bits per heavy atom. The number of aromatic hydroxyl groups is 1. The SMILES string of the molecule is Cc1ccc(C2CNCCO2)c(Br)c1O. The summed E-state index contributed by atoms with van der Waals surface area (Å²) in [6.07, 6.45) is 0.0274. The molecule has 0 aromatic heterocycles. The molecule has 1 aromatic rings. The van der Waals surface area contributed by atoms with Crippen LogP contribution in [0.5, 0.6) is 5.75 Å². The largest absolute Gasteiger partial charge is 0.506 e. The molecule has 2 N–H and O–H groups in total. The summed E-state index contributed by atoms with van der Waals surface area (Å²) in [6, 6.07) is 3.91. The summed E-state index contributed by atoms with van der Waals surface area (Å²) >= 11 is 3.41. The molecule has 4 heteroatoms. The Bertz CT molecular complexity index is 362. The van der Waals surface area contributed by atoms with E-state index in [1.54, 1.807) is 0 Å². The third kappa shape index (κ3) is 2.17. The Morgan fingerprint density at radius 1 is 1.53 bits per heavy atom. The van der Waals surface area contributed by atoms with Crippen LogP contribution in [0, 0.1) is 6.92 Å². The molecule has 1 atom stereocenters. The first-order valence-corrected chi connectivity index (χ1v) is 5.79. The van der Waals surface area contributed by atoms with E-state index in [0.717, 1.165) is 28.7 Å². The fraction of sp³-hybridized carbons (Fsp3) is 0.455. The Hall–Kier alpha value is -0.580. The van der Waals surface area contributed by atoms with Crippen LogP contribution in [-0.4, -0.2) is 24.8 Å². The molecule has 0 bridgehead atoms. The van der Waals surface area contributed by atoms with Gasteiger partial charge in [-0.05, 0) is 34.0 Å². The molecule has 1 aromatic carbocycles. The minimum Gasteiger partial charge on any atom is -0.506 e. The first-order valence-electron chi connectivity index (χ1n) is 5.00. The lowest BCUT2D eigenvalue weighted by Crippen LogP contribution is -2.33. The van der Waals surface area contributed by atoms with Gasteiger partial charge >= 0.3 is 0 Å². The van der Waals surface area contributed by atoms with Crippen LogP contribution >= 0.6 is 15.9 Å². The van der Waals surface area contributed by atoms with Crippen molar-refractivity contribution in [2.45, 2.75) is 13.0 Å². The van der Waals surface area contributed by atoms with E-state index in [0.29, 0.717) is 12.4 Å². The second-order valence-electron chi connectivity index (χ2n) is 3.70. The Labute approximate surface area is 97.6 Å². The summed E-state index contributed by atoms with van der Waals surface area (Å²) in [5, 5.41) is 13.1. The maximum Gasteiger partial charge on any atom is 0.133 e. The number of rotatable bonds is 1. The first kappa shape index (κ1) is 10.9. The number of morpholine rings is 1. The van der Waals surface area contributed by atoms with Crippen molar-refractivity contribution in [1.29, 1.82) is 0 Å². The number of nitrogens with one attached hydrogen (secondary N) is 1. The third-order valence-corrected chi connectivity index (χ3v) is 3.46. The number of aryl methyl sites for hydroxylation is 1. The molecule has 15 heavy (non-hydrogen) atoms. The summed E-state index contributed by atoms with van der Waals surface area (Å²) in [4.78, 5) is 0. The number of hydrogen-bond donors (Lipinski definition) is 2. The molecule has 0 aliphatic carbocycles. The van der Waals surface area contributed by atoms with E-state index < -0.39 is 0 Å². The van der Waals surface area contributed by atoms with Crippen LogP contribution in [-0.2, 0) is 4.74 Å². The first-order chi connectivity index (χ1) is 7.20. The number of hydrogen-bond acceptors (Lipinski definition) is 3. The monoisotopic (exact) mass is 271 g/mol. The van der Waals surface area contributed by atoms with Crippen molar-refractivity contribution < 1.29 is 9.84 Å². The van der Waals surface area contributed by atoms with E-state index in [1.165, 1.54) is 0 Å². The molecular formula is C11H14BrNO2. The molecule has 1 fully saturated rings. The molecule has 0 saturated carbocycles. The number of halogens is 1. The van der Waals surface area contributed by atoms with Crippen molar-refractivity contribution >= 4 is 15.9 Å². The van der Waals surface area contributed by atoms with E-state index in [9.17, 15) is 5.11 Å².